The smallest absolute Gasteiger partial charge is 0.267 e. The fraction of sp³-hybridized carbons (Fsp3) is 0.733. The van der Waals surface area contributed by atoms with Gasteiger partial charge in [0.2, 0.25) is 0 Å². The molecule has 3 fully saturated rings. The maximum absolute atomic E-state index is 12.7. The van der Waals surface area contributed by atoms with Crippen LogP contribution >= 0.6 is 24.0 Å². The van der Waals surface area contributed by atoms with Gasteiger partial charge in [0.15, 0.2) is 9.84 Å². The highest BCUT2D eigenvalue weighted by atomic mass is 32.2. The topological polar surface area (TPSA) is 57.7 Å². The van der Waals surface area contributed by atoms with Crippen molar-refractivity contribution >= 4 is 44.0 Å². The Morgan fingerprint density at radius 3 is 2.61 bits per heavy atom. The molecule has 1 aliphatic carbocycles. The predicted octanol–water partition coefficient (Wildman–Crippen LogP) is 2.14. The molecule has 1 amide bonds. The van der Waals surface area contributed by atoms with Crippen LogP contribution in [0.15, 0.2) is 11.1 Å². The van der Waals surface area contributed by atoms with Crippen molar-refractivity contribution in [2.45, 2.75) is 51.1 Å². The molecule has 0 aromatic carbocycles. The van der Waals surface area contributed by atoms with E-state index in [1.807, 2.05) is 18.0 Å². The number of hydrogen-bond acceptors (Lipinski definition) is 6. The highest BCUT2D eigenvalue weighted by Gasteiger charge is 2.39. The van der Waals surface area contributed by atoms with Gasteiger partial charge < -0.3 is 4.90 Å². The Morgan fingerprint density at radius 1 is 1.35 bits per heavy atom. The van der Waals surface area contributed by atoms with Crippen molar-refractivity contribution in [2.75, 3.05) is 18.1 Å². The number of rotatable bonds is 4. The quantitative estimate of drug-likeness (QED) is 0.555. The minimum Gasteiger partial charge on any atom is -0.373 e. The van der Waals surface area contributed by atoms with E-state index in [0.29, 0.717) is 22.2 Å². The minimum atomic E-state index is -2.93. The lowest BCUT2D eigenvalue weighted by Gasteiger charge is -2.25. The first-order valence-electron chi connectivity index (χ1n) is 8.14. The van der Waals surface area contributed by atoms with E-state index >= 15 is 0 Å². The van der Waals surface area contributed by atoms with Crippen LogP contribution in [0.1, 0.15) is 39.0 Å². The van der Waals surface area contributed by atoms with E-state index in [1.54, 1.807) is 4.90 Å². The highest BCUT2D eigenvalue weighted by Crippen LogP contribution is 2.37. The molecule has 2 saturated heterocycles. The summed E-state index contributed by atoms with van der Waals surface area (Å²) in [6, 6.07) is 0.218. The molecule has 0 N–H and O–H groups in total. The molecule has 0 radical (unpaired) electrons. The monoisotopic (exact) mass is 374 g/mol. The van der Waals surface area contributed by atoms with Gasteiger partial charge in [0.1, 0.15) is 4.32 Å². The maximum atomic E-state index is 12.7. The lowest BCUT2D eigenvalue weighted by atomic mass is 10.2. The molecule has 2 aliphatic heterocycles. The van der Waals surface area contributed by atoms with E-state index in [9.17, 15) is 13.2 Å². The van der Waals surface area contributed by atoms with Gasteiger partial charge in [0.05, 0.1) is 16.4 Å². The Bertz CT molecular complexity index is 638. The van der Waals surface area contributed by atoms with Gasteiger partial charge in [-0.15, -0.1) is 0 Å². The van der Waals surface area contributed by atoms with Crippen LogP contribution in [-0.2, 0) is 14.6 Å². The molecule has 0 bridgehead atoms. The Labute approximate surface area is 147 Å². The van der Waals surface area contributed by atoms with Crippen LogP contribution in [0, 0.1) is 0 Å². The van der Waals surface area contributed by atoms with Crippen molar-refractivity contribution in [2.24, 2.45) is 0 Å². The largest absolute Gasteiger partial charge is 0.373 e. The van der Waals surface area contributed by atoms with Crippen molar-refractivity contribution in [1.29, 1.82) is 0 Å². The van der Waals surface area contributed by atoms with Gasteiger partial charge in [0.25, 0.3) is 5.91 Å². The summed E-state index contributed by atoms with van der Waals surface area (Å²) in [5, 5.41) is 0. The van der Waals surface area contributed by atoms with Crippen molar-refractivity contribution in [1.82, 2.24) is 9.80 Å². The number of thiocarbonyl (C=S) groups is 1. The molecule has 5 nitrogen and oxygen atoms in total. The summed E-state index contributed by atoms with van der Waals surface area (Å²) in [5.41, 5.74) is 0. The van der Waals surface area contributed by atoms with E-state index in [1.165, 1.54) is 11.8 Å². The van der Waals surface area contributed by atoms with Crippen LogP contribution in [-0.4, -0.2) is 58.6 Å². The van der Waals surface area contributed by atoms with E-state index in [2.05, 4.69) is 0 Å². The summed E-state index contributed by atoms with van der Waals surface area (Å²) in [5.74, 6) is 0.414. The average Bonchev–Trinajstić information content (AvgIpc) is 3.18. The average molecular weight is 375 g/mol. The lowest BCUT2D eigenvalue weighted by molar-refractivity contribution is -0.123. The number of carbonyl (C=O) groups is 1. The molecule has 23 heavy (non-hydrogen) atoms. The van der Waals surface area contributed by atoms with Gasteiger partial charge in [-0.3, -0.25) is 9.69 Å². The number of amides is 1. The van der Waals surface area contributed by atoms with Crippen LogP contribution in [0.25, 0.3) is 0 Å². The molecule has 1 atom stereocenters. The number of hydrogen-bond donors (Lipinski definition) is 0. The Kier molecular flexibility index (Phi) is 5.04. The van der Waals surface area contributed by atoms with Crippen molar-refractivity contribution in [3.8, 4) is 0 Å². The van der Waals surface area contributed by atoms with Crippen molar-refractivity contribution in [3.05, 3.63) is 11.1 Å². The van der Waals surface area contributed by atoms with Crippen LogP contribution in [0.3, 0.4) is 0 Å². The van der Waals surface area contributed by atoms with Crippen LogP contribution in [0.2, 0.25) is 0 Å². The van der Waals surface area contributed by atoms with Crippen molar-refractivity contribution in [3.63, 3.8) is 0 Å². The SMILES string of the molecule is CCN(/C=C1\SC(=S)N(C2CCCC2)C1=O)[C@@H]1CCS(=O)(=O)C1. The van der Waals surface area contributed by atoms with Crippen LogP contribution < -0.4 is 0 Å². The molecule has 2 heterocycles. The molecule has 1 saturated carbocycles. The predicted molar refractivity (Wildman–Crippen MR) is 96.8 cm³/mol. The van der Waals surface area contributed by atoms with Gasteiger partial charge in [-0.05, 0) is 26.2 Å². The summed E-state index contributed by atoms with van der Waals surface area (Å²) in [6.45, 7) is 2.67. The van der Waals surface area contributed by atoms with Gasteiger partial charge >= 0.3 is 0 Å². The highest BCUT2D eigenvalue weighted by molar-refractivity contribution is 8.26. The summed E-state index contributed by atoms with van der Waals surface area (Å²) in [6.07, 6.45) is 6.83. The second kappa shape index (κ2) is 6.72. The number of nitrogens with zero attached hydrogens (tertiary/aromatic N) is 2. The van der Waals surface area contributed by atoms with Gasteiger partial charge in [-0.2, -0.15) is 0 Å². The Hall–Kier alpha value is -0.600. The van der Waals surface area contributed by atoms with Gasteiger partial charge in [-0.25, -0.2) is 8.42 Å². The van der Waals surface area contributed by atoms with E-state index < -0.39 is 9.84 Å². The molecular weight excluding hydrogens is 352 g/mol. The zero-order chi connectivity index (χ0) is 16.6. The number of sulfone groups is 1. The molecule has 8 heteroatoms. The standard InChI is InChI=1S/C15H22N2O3S3/c1-2-16(12-7-8-23(19,20)10-12)9-13-14(18)17(15(21)22-13)11-5-3-4-6-11/h9,11-12H,2-8,10H2,1H3/b13-9-/t12-/m1/s1. The Balaban J connectivity index is 1.76. The van der Waals surface area contributed by atoms with Gasteiger partial charge in [0, 0.05) is 24.8 Å². The third-order valence-corrected chi connectivity index (χ3v) is 7.91. The van der Waals surface area contributed by atoms with Crippen LogP contribution in [0.5, 0.6) is 0 Å². The first kappa shape index (κ1) is 17.2. The summed E-state index contributed by atoms with van der Waals surface area (Å²) in [4.78, 5) is 17.1. The lowest BCUT2D eigenvalue weighted by Crippen LogP contribution is -2.37. The number of carbonyl (C=O) groups excluding carboxylic acids is 1. The third-order valence-electron chi connectivity index (χ3n) is 4.84. The molecule has 3 aliphatic rings. The zero-order valence-corrected chi connectivity index (χ0v) is 15.7. The molecule has 0 unspecified atom stereocenters. The molecule has 0 aromatic rings. The normalized spacial score (nSPS) is 29.9. The first-order valence-corrected chi connectivity index (χ1v) is 11.2. The Morgan fingerprint density at radius 2 is 2.04 bits per heavy atom. The fourth-order valence-corrected chi connectivity index (χ4v) is 6.73. The summed E-state index contributed by atoms with van der Waals surface area (Å²) >= 11 is 6.75. The van der Waals surface area contributed by atoms with Gasteiger partial charge in [-0.1, -0.05) is 36.8 Å². The van der Waals surface area contributed by atoms with Crippen molar-refractivity contribution < 1.29 is 13.2 Å². The zero-order valence-electron chi connectivity index (χ0n) is 13.2. The van der Waals surface area contributed by atoms with E-state index in [-0.39, 0.29) is 29.5 Å². The third kappa shape index (κ3) is 3.58. The number of thioether (sulfide) groups is 1. The molecule has 128 valence electrons. The molecule has 0 spiro atoms. The maximum Gasteiger partial charge on any atom is 0.267 e. The van der Waals surface area contributed by atoms with E-state index in [0.717, 1.165) is 25.7 Å². The minimum absolute atomic E-state index is 0.00814. The second-order valence-corrected chi connectivity index (χ2v) is 10.3. The van der Waals surface area contributed by atoms with E-state index in [4.69, 9.17) is 12.2 Å². The molecule has 0 aromatic heterocycles. The summed E-state index contributed by atoms with van der Waals surface area (Å²) < 4.78 is 24.0. The first-order chi connectivity index (χ1) is 10.9. The van der Waals surface area contributed by atoms with Crippen LogP contribution in [0.4, 0.5) is 0 Å². The second-order valence-electron chi connectivity index (χ2n) is 6.36. The summed E-state index contributed by atoms with van der Waals surface area (Å²) in [7, 11) is -2.93. The molecular formula is C15H22N2O3S3. The fourth-order valence-electron chi connectivity index (χ4n) is 3.59. The molecule has 3 rings (SSSR count).